The van der Waals surface area contributed by atoms with Gasteiger partial charge in [0.15, 0.2) is 11.5 Å². The van der Waals surface area contributed by atoms with E-state index in [-0.39, 0.29) is 5.82 Å². The SMILES string of the molecule is COc1cc2c(Nc3ccc(Br)cc3F)ncnc2cc1OCN1CCN(C)CC1. The zero-order chi connectivity index (χ0) is 21.1. The Hall–Kier alpha value is -2.49. The minimum atomic E-state index is -0.379. The molecule has 0 saturated carbocycles. The van der Waals surface area contributed by atoms with Crippen molar-refractivity contribution in [1.82, 2.24) is 19.8 Å². The lowest BCUT2D eigenvalue weighted by Crippen LogP contribution is -2.45. The number of halogens is 2. The van der Waals surface area contributed by atoms with Crippen molar-refractivity contribution in [2.75, 3.05) is 52.4 Å². The second kappa shape index (κ2) is 9.11. The summed E-state index contributed by atoms with van der Waals surface area (Å²) in [5.74, 6) is 1.30. The number of piperazine rings is 1. The number of rotatable bonds is 6. The first-order valence-corrected chi connectivity index (χ1v) is 10.4. The van der Waals surface area contributed by atoms with Crippen LogP contribution in [-0.2, 0) is 0 Å². The maximum Gasteiger partial charge on any atom is 0.165 e. The summed E-state index contributed by atoms with van der Waals surface area (Å²) in [4.78, 5) is 13.2. The Labute approximate surface area is 182 Å². The van der Waals surface area contributed by atoms with E-state index in [1.165, 1.54) is 12.4 Å². The highest BCUT2D eigenvalue weighted by Gasteiger charge is 2.17. The quantitative estimate of drug-likeness (QED) is 0.580. The van der Waals surface area contributed by atoms with Gasteiger partial charge in [0.1, 0.15) is 24.7 Å². The van der Waals surface area contributed by atoms with Crippen molar-refractivity contribution >= 4 is 38.3 Å². The van der Waals surface area contributed by atoms with E-state index in [9.17, 15) is 4.39 Å². The molecular formula is C21H23BrFN5O2. The molecule has 0 amide bonds. The van der Waals surface area contributed by atoms with E-state index in [0.29, 0.717) is 45.1 Å². The molecule has 0 aliphatic carbocycles. The highest BCUT2D eigenvalue weighted by molar-refractivity contribution is 9.10. The third-order valence-electron chi connectivity index (χ3n) is 5.10. The van der Waals surface area contributed by atoms with Crippen LogP contribution >= 0.6 is 15.9 Å². The molecule has 2 heterocycles. The van der Waals surface area contributed by atoms with Crippen molar-refractivity contribution in [2.45, 2.75) is 0 Å². The summed E-state index contributed by atoms with van der Waals surface area (Å²) >= 11 is 3.26. The van der Waals surface area contributed by atoms with Gasteiger partial charge < -0.3 is 19.7 Å². The van der Waals surface area contributed by atoms with Crippen molar-refractivity contribution in [3.8, 4) is 11.5 Å². The molecule has 4 rings (SSSR count). The average molecular weight is 476 g/mol. The maximum atomic E-state index is 14.3. The lowest BCUT2D eigenvalue weighted by molar-refractivity contribution is 0.0747. The van der Waals surface area contributed by atoms with Gasteiger partial charge >= 0.3 is 0 Å². The molecule has 1 fully saturated rings. The van der Waals surface area contributed by atoms with Crippen LogP contribution < -0.4 is 14.8 Å². The van der Waals surface area contributed by atoms with E-state index in [1.54, 1.807) is 19.2 Å². The first-order chi connectivity index (χ1) is 14.5. The predicted molar refractivity (Wildman–Crippen MR) is 118 cm³/mol. The number of hydrogen-bond acceptors (Lipinski definition) is 7. The number of likely N-dealkylation sites (N-methyl/N-ethyl adjacent to an activating group) is 1. The van der Waals surface area contributed by atoms with Crippen LogP contribution in [0.25, 0.3) is 10.9 Å². The molecular weight excluding hydrogens is 453 g/mol. The van der Waals surface area contributed by atoms with Crippen molar-refractivity contribution in [3.63, 3.8) is 0 Å². The molecule has 1 aromatic heterocycles. The molecule has 0 bridgehead atoms. The van der Waals surface area contributed by atoms with Gasteiger partial charge in [-0.25, -0.2) is 14.4 Å². The molecule has 2 aromatic carbocycles. The van der Waals surface area contributed by atoms with Crippen LogP contribution in [0, 0.1) is 5.82 Å². The summed E-state index contributed by atoms with van der Waals surface area (Å²) in [5.41, 5.74) is 1.01. The van der Waals surface area contributed by atoms with Crippen LogP contribution in [0.2, 0.25) is 0 Å². The van der Waals surface area contributed by atoms with Crippen LogP contribution in [0.1, 0.15) is 0 Å². The number of hydrogen-bond donors (Lipinski definition) is 1. The summed E-state index contributed by atoms with van der Waals surface area (Å²) in [7, 11) is 3.71. The van der Waals surface area contributed by atoms with Crippen LogP contribution in [0.5, 0.6) is 11.5 Å². The largest absolute Gasteiger partial charge is 0.493 e. The number of methoxy groups -OCH3 is 1. The average Bonchev–Trinajstić information content (AvgIpc) is 2.75. The van der Waals surface area contributed by atoms with Crippen molar-refractivity contribution in [3.05, 3.63) is 46.9 Å². The lowest BCUT2D eigenvalue weighted by atomic mass is 10.2. The number of aromatic nitrogens is 2. The van der Waals surface area contributed by atoms with Gasteiger partial charge in [0, 0.05) is 42.1 Å². The summed E-state index contributed by atoms with van der Waals surface area (Å²) in [5, 5.41) is 3.76. The van der Waals surface area contributed by atoms with Crippen LogP contribution in [0.3, 0.4) is 0 Å². The van der Waals surface area contributed by atoms with Crippen LogP contribution in [-0.4, -0.2) is 66.8 Å². The first-order valence-electron chi connectivity index (χ1n) is 9.62. The Kier molecular flexibility index (Phi) is 6.31. The number of fused-ring (bicyclic) bond motifs is 1. The van der Waals surface area contributed by atoms with Crippen LogP contribution in [0.15, 0.2) is 41.1 Å². The third-order valence-corrected chi connectivity index (χ3v) is 5.60. The minimum absolute atomic E-state index is 0.326. The standard InChI is InChI=1S/C21H23BrFN5O2/c1-27-5-7-28(8-6-27)13-30-20-11-18-15(10-19(20)29-2)21(25-12-24-18)26-17-4-3-14(22)9-16(17)23/h3-4,9-12H,5-8,13H2,1-2H3,(H,24,25,26). The smallest absolute Gasteiger partial charge is 0.165 e. The highest BCUT2D eigenvalue weighted by atomic mass is 79.9. The minimum Gasteiger partial charge on any atom is -0.493 e. The normalized spacial score (nSPS) is 15.3. The van der Waals surface area contributed by atoms with Crippen molar-refractivity contribution in [2.24, 2.45) is 0 Å². The second-order valence-corrected chi connectivity index (χ2v) is 8.10. The second-order valence-electron chi connectivity index (χ2n) is 7.19. The molecule has 1 saturated heterocycles. The van der Waals surface area contributed by atoms with E-state index >= 15 is 0 Å². The van der Waals surface area contributed by atoms with Gasteiger partial charge in [-0.05, 0) is 31.3 Å². The molecule has 0 radical (unpaired) electrons. The Balaban J connectivity index is 1.58. The molecule has 3 aromatic rings. The number of benzene rings is 2. The third kappa shape index (κ3) is 4.63. The monoisotopic (exact) mass is 475 g/mol. The van der Waals surface area contributed by atoms with E-state index in [1.807, 2.05) is 12.1 Å². The number of ether oxygens (including phenoxy) is 2. The van der Waals surface area contributed by atoms with E-state index < -0.39 is 0 Å². The number of nitrogens with one attached hydrogen (secondary N) is 1. The van der Waals surface area contributed by atoms with Gasteiger partial charge in [-0.1, -0.05) is 15.9 Å². The van der Waals surface area contributed by atoms with Crippen molar-refractivity contribution < 1.29 is 13.9 Å². The Morgan fingerprint density at radius 1 is 1.10 bits per heavy atom. The molecule has 1 aliphatic heterocycles. The molecule has 30 heavy (non-hydrogen) atoms. The predicted octanol–water partition coefficient (Wildman–Crippen LogP) is 3.87. The van der Waals surface area contributed by atoms with E-state index in [0.717, 1.165) is 26.2 Å². The molecule has 0 spiro atoms. The fourth-order valence-corrected chi connectivity index (χ4v) is 3.63. The van der Waals surface area contributed by atoms with E-state index in [2.05, 4.69) is 48.1 Å². The Bertz CT molecular complexity index is 1040. The Morgan fingerprint density at radius 2 is 1.90 bits per heavy atom. The highest BCUT2D eigenvalue weighted by Crippen LogP contribution is 2.35. The van der Waals surface area contributed by atoms with Gasteiger partial charge in [0.25, 0.3) is 0 Å². The molecule has 9 heteroatoms. The van der Waals surface area contributed by atoms with Gasteiger partial charge in [-0.15, -0.1) is 0 Å². The molecule has 0 atom stereocenters. The summed E-state index contributed by atoms with van der Waals surface area (Å²) < 4.78 is 26.5. The Morgan fingerprint density at radius 3 is 2.63 bits per heavy atom. The molecule has 158 valence electrons. The molecule has 7 nitrogen and oxygen atoms in total. The number of anilines is 2. The zero-order valence-corrected chi connectivity index (χ0v) is 18.4. The summed E-state index contributed by atoms with van der Waals surface area (Å²) in [6, 6.07) is 8.46. The summed E-state index contributed by atoms with van der Waals surface area (Å²) in [6.07, 6.45) is 1.44. The van der Waals surface area contributed by atoms with Gasteiger partial charge in [0.05, 0.1) is 18.3 Å². The van der Waals surface area contributed by atoms with Gasteiger partial charge in [-0.3, -0.25) is 4.90 Å². The van der Waals surface area contributed by atoms with E-state index in [4.69, 9.17) is 9.47 Å². The fraction of sp³-hybridized carbons (Fsp3) is 0.333. The van der Waals surface area contributed by atoms with Gasteiger partial charge in [-0.2, -0.15) is 0 Å². The molecule has 1 N–H and O–H groups in total. The maximum absolute atomic E-state index is 14.3. The first kappa shape index (κ1) is 20.8. The topological polar surface area (TPSA) is 62.8 Å². The van der Waals surface area contributed by atoms with Gasteiger partial charge in [0.2, 0.25) is 0 Å². The van der Waals surface area contributed by atoms with Crippen LogP contribution in [0.4, 0.5) is 15.9 Å². The zero-order valence-electron chi connectivity index (χ0n) is 16.9. The molecule has 0 unspecified atom stereocenters. The molecule has 1 aliphatic rings. The lowest BCUT2D eigenvalue weighted by Gasteiger charge is -2.32. The van der Waals surface area contributed by atoms with Crippen molar-refractivity contribution in [1.29, 1.82) is 0 Å². The fourth-order valence-electron chi connectivity index (χ4n) is 3.29. The number of nitrogens with zero attached hydrogens (tertiary/aromatic N) is 4. The summed E-state index contributed by atoms with van der Waals surface area (Å²) in [6.45, 7) is 4.44.